The van der Waals surface area contributed by atoms with E-state index in [4.69, 9.17) is 23.2 Å². The van der Waals surface area contributed by atoms with E-state index in [0.717, 1.165) is 0 Å². The summed E-state index contributed by atoms with van der Waals surface area (Å²) in [5, 5.41) is 13.4. The van der Waals surface area contributed by atoms with E-state index in [1.807, 2.05) is 7.05 Å². The molecular formula is C14H20Cl2N2O2. The number of aliphatic hydroxyl groups excluding tert-OH is 1. The molecule has 0 aliphatic carbocycles. The minimum Gasteiger partial charge on any atom is -0.378 e. The quantitative estimate of drug-likeness (QED) is 0.847. The van der Waals surface area contributed by atoms with Crippen LogP contribution in [-0.4, -0.2) is 42.1 Å². The van der Waals surface area contributed by atoms with Crippen molar-refractivity contribution in [3.05, 3.63) is 33.8 Å². The zero-order chi connectivity index (χ0) is 15.3. The molecule has 1 amide bonds. The first-order chi connectivity index (χ1) is 9.31. The van der Waals surface area contributed by atoms with Gasteiger partial charge in [0.15, 0.2) is 6.10 Å². The molecule has 0 spiro atoms. The Kier molecular flexibility index (Phi) is 6.76. The van der Waals surface area contributed by atoms with Gasteiger partial charge in [0.1, 0.15) is 0 Å². The predicted octanol–water partition coefficient (Wildman–Crippen LogP) is 2.48. The molecule has 0 heterocycles. The zero-order valence-electron chi connectivity index (χ0n) is 11.9. The number of hydrogen-bond acceptors (Lipinski definition) is 3. The minimum atomic E-state index is -1.27. The Balaban J connectivity index is 2.54. The standard InChI is InChI=1S/C14H20Cl2N2O2/c1-9(2)18(3)5-4-17-14(20)13(19)10-6-11(15)8-12(16)7-10/h6-9,13,19H,4-5H2,1-3H3,(H,17,20). The number of aliphatic hydroxyl groups is 1. The van der Waals surface area contributed by atoms with Crippen LogP contribution in [-0.2, 0) is 4.79 Å². The molecule has 1 aromatic carbocycles. The summed E-state index contributed by atoms with van der Waals surface area (Å²) in [4.78, 5) is 14.0. The van der Waals surface area contributed by atoms with E-state index in [1.54, 1.807) is 6.07 Å². The third-order valence-electron chi connectivity index (χ3n) is 3.09. The van der Waals surface area contributed by atoms with Crippen LogP contribution in [0, 0.1) is 0 Å². The molecule has 0 saturated heterocycles. The fourth-order valence-electron chi connectivity index (χ4n) is 1.59. The van der Waals surface area contributed by atoms with E-state index in [-0.39, 0.29) is 0 Å². The minimum absolute atomic E-state index is 0.386. The van der Waals surface area contributed by atoms with Crippen molar-refractivity contribution in [2.24, 2.45) is 0 Å². The highest BCUT2D eigenvalue weighted by Crippen LogP contribution is 2.23. The third kappa shape index (κ3) is 5.29. The molecule has 0 aromatic heterocycles. The van der Waals surface area contributed by atoms with Crippen molar-refractivity contribution < 1.29 is 9.90 Å². The highest BCUT2D eigenvalue weighted by Gasteiger charge is 2.18. The molecule has 0 radical (unpaired) electrons. The van der Waals surface area contributed by atoms with Gasteiger partial charge in [-0.05, 0) is 44.7 Å². The molecule has 0 fully saturated rings. The number of hydrogen-bond donors (Lipinski definition) is 2. The van der Waals surface area contributed by atoms with Crippen molar-refractivity contribution in [3.63, 3.8) is 0 Å². The molecular weight excluding hydrogens is 299 g/mol. The van der Waals surface area contributed by atoms with Gasteiger partial charge in [0, 0.05) is 29.2 Å². The first kappa shape index (κ1) is 17.2. The van der Waals surface area contributed by atoms with Gasteiger partial charge in [-0.15, -0.1) is 0 Å². The van der Waals surface area contributed by atoms with E-state index in [9.17, 15) is 9.90 Å². The summed E-state index contributed by atoms with van der Waals surface area (Å²) < 4.78 is 0. The second kappa shape index (κ2) is 7.84. The van der Waals surface area contributed by atoms with Crippen molar-refractivity contribution in [2.45, 2.75) is 26.0 Å². The maximum absolute atomic E-state index is 11.9. The van der Waals surface area contributed by atoms with Crippen LogP contribution in [0.25, 0.3) is 0 Å². The Bertz CT molecular complexity index is 446. The number of carbonyl (C=O) groups is 1. The number of nitrogens with one attached hydrogen (secondary N) is 1. The van der Waals surface area contributed by atoms with E-state index < -0.39 is 12.0 Å². The molecule has 112 valence electrons. The monoisotopic (exact) mass is 318 g/mol. The molecule has 2 N–H and O–H groups in total. The SMILES string of the molecule is CC(C)N(C)CCNC(=O)C(O)c1cc(Cl)cc(Cl)c1. The fourth-order valence-corrected chi connectivity index (χ4v) is 2.14. The van der Waals surface area contributed by atoms with Gasteiger partial charge < -0.3 is 15.3 Å². The Morgan fingerprint density at radius 2 is 1.85 bits per heavy atom. The predicted molar refractivity (Wildman–Crippen MR) is 82.2 cm³/mol. The van der Waals surface area contributed by atoms with Gasteiger partial charge in [0.2, 0.25) is 0 Å². The molecule has 6 heteroatoms. The Morgan fingerprint density at radius 1 is 1.30 bits per heavy atom. The summed E-state index contributed by atoms with van der Waals surface area (Å²) >= 11 is 11.7. The lowest BCUT2D eigenvalue weighted by molar-refractivity contribution is -0.129. The molecule has 0 aliphatic heterocycles. The molecule has 0 bridgehead atoms. The Morgan fingerprint density at radius 3 is 2.35 bits per heavy atom. The first-order valence-electron chi connectivity index (χ1n) is 6.43. The highest BCUT2D eigenvalue weighted by molar-refractivity contribution is 6.34. The second-order valence-corrected chi connectivity index (χ2v) is 5.84. The normalized spacial score (nSPS) is 12.8. The van der Waals surface area contributed by atoms with Crippen LogP contribution in [0.15, 0.2) is 18.2 Å². The molecule has 0 aliphatic rings. The average molecular weight is 319 g/mol. The molecule has 1 unspecified atom stereocenters. The van der Waals surface area contributed by atoms with E-state index in [2.05, 4.69) is 24.1 Å². The lowest BCUT2D eigenvalue weighted by atomic mass is 10.1. The van der Waals surface area contributed by atoms with Crippen molar-refractivity contribution in [1.29, 1.82) is 0 Å². The van der Waals surface area contributed by atoms with Crippen molar-refractivity contribution in [2.75, 3.05) is 20.1 Å². The number of nitrogens with zero attached hydrogens (tertiary/aromatic N) is 1. The molecule has 4 nitrogen and oxygen atoms in total. The maximum Gasteiger partial charge on any atom is 0.253 e. The van der Waals surface area contributed by atoms with Crippen molar-refractivity contribution in [1.82, 2.24) is 10.2 Å². The van der Waals surface area contributed by atoms with Gasteiger partial charge in [-0.25, -0.2) is 0 Å². The van der Waals surface area contributed by atoms with Crippen LogP contribution in [0.3, 0.4) is 0 Å². The molecule has 1 aromatic rings. The lowest BCUT2D eigenvalue weighted by Gasteiger charge is -2.21. The van der Waals surface area contributed by atoms with Gasteiger partial charge in [-0.3, -0.25) is 4.79 Å². The van der Waals surface area contributed by atoms with Gasteiger partial charge >= 0.3 is 0 Å². The van der Waals surface area contributed by atoms with E-state index in [0.29, 0.717) is 34.7 Å². The van der Waals surface area contributed by atoms with E-state index in [1.165, 1.54) is 12.1 Å². The molecule has 0 saturated carbocycles. The number of likely N-dealkylation sites (N-methyl/N-ethyl adjacent to an activating group) is 1. The third-order valence-corrected chi connectivity index (χ3v) is 3.53. The van der Waals surface area contributed by atoms with Crippen LogP contribution in [0.1, 0.15) is 25.5 Å². The lowest BCUT2D eigenvalue weighted by Crippen LogP contribution is -2.38. The molecule has 20 heavy (non-hydrogen) atoms. The molecule has 1 atom stereocenters. The van der Waals surface area contributed by atoms with Crippen LogP contribution in [0.2, 0.25) is 10.0 Å². The summed E-state index contributed by atoms with van der Waals surface area (Å²) in [6, 6.07) is 5.01. The highest BCUT2D eigenvalue weighted by atomic mass is 35.5. The number of amides is 1. The summed E-state index contributed by atoms with van der Waals surface area (Å²) in [6.45, 7) is 5.33. The van der Waals surface area contributed by atoms with Gasteiger partial charge in [0.25, 0.3) is 5.91 Å². The average Bonchev–Trinajstić information content (AvgIpc) is 2.36. The van der Waals surface area contributed by atoms with E-state index >= 15 is 0 Å². The largest absolute Gasteiger partial charge is 0.378 e. The van der Waals surface area contributed by atoms with Gasteiger partial charge in [0.05, 0.1) is 0 Å². The van der Waals surface area contributed by atoms with Crippen LogP contribution >= 0.6 is 23.2 Å². The maximum atomic E-state index is 11.9. The van der Waals surface area contributed by atoms with Gasteiger partial charge in [-0.2, -0.15) is 0 Å². The summed E-state index contributed by atoms with van der Waals surface area (Å²) in [5.41, 5.74) is 0.386. The Labute approximate surface area is 129 Å². The zero-order valence-corrected chi connectivity index (χ0v) is 13.4. The first-order valence-corrected chi connectivity index (χ1v) is 7.19. The van der Waals surface area contributed by atoms with Crippen molar-refractivity contribution in [3.8, 4) is 0 Å². The molecule has 1 rings (SSSR count). The summed E-state index contributed by atoms with van der Waals surface area (Å²) in [6.07, 6.45) is -1.27. The smallest absolute Gasteiger partial charge is 0.253 e. The number of halogens is 2. The number of carbonyl (C=O) groups excluding carboxylic acids is 1. The van der Waals surface area contributed by atoms with Crippen LogP contribution in [0.4, 0.5) is 0 Å². The fraction of sp³-hybridized carbons (Fsp3) is 0.500. The van der Waals surface area contributed by atoms with Crippen LogP contribution < -0.4 is 5.32 Å². The summed E-state index contributed by atoms with van der Waals surface area (Å²) in [7, 11) is 1.98. The second-order valence-electron chi connectivity index (χ2n) is 4.97. The number of rotatable bonds is 6. The van der Waals surface area contributed by atoms with Crippen LogP contribution in [0.5, 0.6) is 0 Å². The Hall–Kier alpha value is -0.810. The van der Waals surface area contributed by atoms with Crippen molar-refractivity contribution >= 4 is 29.1 Å². The topological polar surface area (TPSA) is 52.6 Å². The van der Waals surface area contributed by atoms with Gasteiger partial charge in [-0.1, -0.05) is 23.2 Å². The summed E-state index contributed by atoms with van der Waals surface area (Å²) in [5.74, 6) is -0.458. The number of benzene rings is 1.